The standard InChI is InChI=1S/C13H17N3O4/c1-2-13(12(17)18)6-3-7-15(9-13)11-5-4-10(8-14-11)16(19)20/h4-5,8H,2-3,6-7,9H2,1H3,(H,17,18). The van der Waals surface area contributed by atoms with Crippen molar-refractivity contribution in [1.29, 1.82) is 0 Å². The summed E-state index contributed by atoms with van der Waals surface area (Å²) in [6, 6.07) is 2.97. The number of nitrogens with zero attached hydrogens (tertiary/aromatic N) is 3. The van der Waals surface area contributed by atoms with Gasteiger partial charge in [0.1, 0.15) is 12.0 Å². The Kier molecular flexibility index (Phi) is 3.87. The molecule has 1 aliphatic heterocycles. The summed E-state index contributed by atoms with van der Waals surface area (Å²) in [5.41, 5.74) is -0.812. The fourth-order valence-electron chi connectivity index (χ4n) is 2.61. The molecule has 1 aromatic rings. The van der Waals surface area contributed by atoms with Crippen LogP contribution in [0.3, 0.4) is 0 Å². The molecule has 1 N–H and O–H groups in total. The summed E-state index contributed by atoms with van der Waals surface area (Å²) < 4.78 is 0. The smallest absolute Gasteiger partial charge is 0.311 e. The van der Waals surface area contributed by atoms with E-state index in [9.17, 15) is 20.0 Å². The highest BCUT2D eigenvalue weighted by molar-refractivity contribution is 5.76. The van der Waals surface area contributed by atoms with Gasteiger partial charge in [0.05, 0.1) is 10.3 Å². The quantitative estimate of drug-likeness (QED) is 0.669. The summed E-state index contributed by atoms with van der Waals surface area (Å²) in [5, 5.41) is 20.0. The molecular formula is C13H17N3O4. The maximum Gasteiger partial charge on any atom is 0.311 e. The number of rotatable bonds is 4. The summed E-state index contributed by atoms with van der Waals surface area (Å²) in [6.07, 6.45) is 3.20. The first-order valence-corrected chi connectivity index (χ1v) is 6.57. The molecule has 0 spiro atoms. The fourth-order valence-corrected chi connectivity index (χ4v) is 2.61. The number of carboxylic acid groups (broad SMARTS) is 1. The molecule has 2 heterocycles. The van der Waals surface area contributed by atoms with Gasteiger partial charge in [-0.3, -0.25) is 14.9 Å². The summed E-state index contributed by atoms with van der Waals surface area (Å²) in [5.74, 6) is -0.194. The van der Waals surface area contributed by atoms with E-state index in [1.807, 2.05) is 11.8 Å². The van der Waals surface area contributed by atoms with Crippen molar-refractivity contribution >= 4 is 17.5 Å². The summed E-state index contributed by atoms with van der Waals surface area (Å²) in [4.78, 5) is 27.6. The molecule has 0 saturated carbocycles. The SMILES string of the molecule is CCC1(C(=O)O)CCCN(c2ccc([N+](=O)[O-])cn2)C1. The zero-order chi connectivity index (χ0) is 14.8. The van der Waals surface area contributed by atoms with E-state index in [0.29, 0.717) is 25.2 Å². The van der Waals surface area contributed by atoms with Gasteiger partial charge in [0.15, 0.2) is 0 Å². The highest BCUT2D eigenvalue weighted by Crippen LogP contribution is 2.35. The van der Waals surface area contributed by atoms with Crippen molar-refractivity contribution in [2.24, 2.45) is 5.41 Å². The van der Waals surface area contributed by atoms with Crippen LogP contribution in [0.4, 0.5) is 11.5 Å². The van der Waals surface area contributed by atoms with Crippen LogP contribution in [0.25, 0.3) is 0 Å². The highest BCUT2D eigenvalue weighted by Gasteiger charge is 2.41. The zero-order valence-electron chi connectivity index (χ0n) is 11.3. The second kappa shape index (κ2) is 5.44. The molecule has 1 fully saturated rings. The van der Waals surface area contributed by atoms with Crippen molar-refractivity contribution in [3.63, 3.8) is 0 Å². The summed E-state index contributed by atoms with van der Waals surface area (Å²) >= 11 is 0. The van der Waals surface area contributed by atoms with Crippen molar-refractivity contribution in [2.45, 2.75) is 26.2 Å². The van der Waals surface area contributed by atoms with E-state index >= 15 is 0 Å². The molecule has 0 bridgehead atoms. The molecule has 108 valence electrons. The molecule has 7 nitrogen and oxygen atoms in total. The Balaban J connectivity index is 2.20. The van der Waals surface area contributed by atoms with Crippen LogP contribution in [0, 0.1) is 15.5 Å². The predicted octanol–water partition coefficient (Wildman–Crippen LogP) is 2.07. The van der Waals surface area contributed by atoms with Gasteiger partial charge in [0, 0.05) is 19.2 Å². The second-order valence-corrected chi connectivity index (χ2v) is 5.10. The van der Waals surface area contributed by atoms with Crippen molar-refractivity contribution in [3.05, 3.63) is 28.4 Å². The predicted molar refractivity (Wildman–Crippen MR) is 72.7 cm³/mol. The van der Waals surface area contributed by atoms with Crippen LogP contribution >= 0.6 is 0 Å². The van der Waals surface area contributed by atoms with Crippen LogP contribution in [-0.4, -0.2) is 34.1 Å². The van der Waals surface area contributed by atoms with Crippen molar-refractivity contribution < 1.29 is 14.8 Å². The molecule has 0 aromatic carbocycles. The van der Waals surface area contributed by atoms with Crippen LogP contribution in [0.1, 0.15) is 26.2 Å². The third-order valence-corrected chi connectivity index (χ3v) is 3.97. The Bertz CT molecular complexity index is 517. The van der Waals surface area contributed by atoms with Gasteiger partial charge in [0.25, 0.3) is 5.69 Å². The molecule has 1 saturated heterocycles. The normalized spacial score (nSPS) is 22.6. The molecule has 20 heavy (non-hydrogen) atoms. The molecule has 0 radical (unpaired) electrons. The number of hydrogen-bond acceptors (Lipinski definition) is 5. The average Bonchev–Trinajstić information content (AvgIpc) is 2.47. The first kappa shape index (κ1) is 14.2. The minimum Gasteiger partial charge on any atom is -0.481 e. The van der Waals surface area contributed by atoms with E-state index in [1.165, 1.54) is 12.3 Å². The topological polar surface area (TPSA) is 96.6 Å². The zero-order valence-corrected chi connectivity index (χ0v) is 11.3. The minimum absolute atomic E-state index is 0.0641. The molecule has 7 heteroatoms. The van der Waals surface area contributed by atoms with Crippen LogP contribution in [-0.2, 0) is 4.79 Å². The van der Waals surface area contributed by atoms with Crippen LogP contribution in [0.5, 0.6) is 0 Å². The minimum atomic E-state index is -0.786. The van der Waals surface area contributed by atoms with Gasteiger partial charge in [-0.25, -0.2) is 4.98 Å². The van der Waals surface area contributed by atoms with E-state index < -0.39 is 16.3 Å². The monoisotopic (exact) mass is 279 g/mol. The lowest BCUT2D eigenvalue weighted by Crippen LogP contribution is -2.47. The maximum atomic E-state index is 11.5. The molecule has 0 amide bonds. The van der Waals surface area contributed by atoms with E-state index in [0.717, 1.165) is 13.0 Å². The van der Waals surface area contributed by atoms with Crippen LogP contribution < -0.4 is 4.90 Å². The Morgan fingerprint density at radius 1 is 1.60 bits per heavy atom. The Hall–Kier alpha value is -2.18. The largest absolute Gasteiger partial charge is 0.481 e. The fraction of sp³-hybridized carbons (Fsp3) is 0.538. The van der Waals surface area contributed by atoms with Crippen molar-refractivity contribution in [1.82, 2.24) is 4.98 Å². The van der Waals surface area contributed by atoms with E-state index in [4.69, 9.17) is 0 Å². The molecule has 2 rings (SSSR count). The van der Waals surface area contributed by atoms with Gasteiger partial charge < -0.3 is 10.0 Å². The second-order valence-electron chi connectivity index (χ2n) is 5.10. The maximum absolute atomic E-state index is 11.5. The molecular weight excluding hydrogens is 262 g/mol. The van der Waals surface area contributed by atoms with Gasteiger partial charge >= 0.3 is 5.97 Å². The molecule has 1 atom stereocenters. The van der Waals surface area contributed by atoms with Gasteiger partial charge in [-0.15, -0.1) is 0 Å². The van der Waals surface area contributed by atoms with Gasteiger partial charge in [-0.2, -0.15) is 0 Å². The highest BCUT2D eigenvalue weighted by atomic mass is 16.6. The Morgan fingerprint density at radius 2 is 2.35 bits per heavy atom. The number of aromatic nitrogens is 1. The molecule has 1 unspecified atom stereocenters. The third kappa shape index (κ3) is 2.56. The molecule has 1 aromatic heterocycles. The Labute approximate surface area is 116 Å². The van der Waals surface area contributed by atoms with E-state index in [2.05, 4.69) is 4.98 Å². The third-order valence-electron chi connectivity index (χ3n) is 3.97. The number of hydrogen-bond donors (Lipinski definition) is 1. The first-order valence-electron chi connectivity index (χ1n) is 6.57. The van der Waals surface area contributed by atoms with Crippen LogP contribution in [0.2, 0.25) is 0 Å². The van der Waals surface area contributed by atoms with Gasteiger partial charge in [0.2, 0.25) is 0 Å². The molecule has 1 aliphatic rings. The number of anilines is 1. The lowest BCUT2D eigenvalue weighted by atomic mass is 9.77. The van der Waals surface area contributed by atoms with Crippen molar-refractivity contribution in [2.75, 3.05) is 18.0 Å². The van der Waals surface area contributed by atoms with Crippen molar-refractivity contribution in [3.8, 4) is 0 Å². The Morgan fingerprint density at radius 3 is 2.85 bits per heavy atom. The molecule has 0 aliphatic carbocycles. The number of piperidine rings is 1. The van der Waals surface area contributed by atoms with Gasteiger partial charge in [-0.05, 0) is 25.3 Å². The van der Waals surface area contributed by atoms with E-state index in [1.54, 1.807) is 6.07 Å². The van der Waals surface area contributed by atoms with Gasteiger partial charge in [-0.1, -0.05) is 6.92 Å². The lowest BCUT2D eigenvalue weighted by molar-refractivity contribution is -0.385. The average molecular weight is 279 g/mol. The number of aliphatic carboxylic acids is 1. The lowest BCUT2D eigenvalue weighted by Gasteiger charge is -2.39. The summed E-state index contributed by atoms with van der Waals surface area (Å²) in [7, 11) is 0. The number of pyridine rings is 1. The first-order chi connectivity index (χ1) is 9.48. The summed E-state index contributed by atoms with van der Waals surface area (Å²) in [6.45, 7) is 2.99. The number of nitro groups is 1. The van der Waals surface area contributed by atoms with E-state index in [-0.39, 0.29) is 5.69 Å². The number of carbonyl (C=O) groups is 1. The number of carboxylic acids is 1. The van der Waals surface area contributed by atoms with Crippen LogP contribution in [0.15, 0.2) is 18.3 Å².